The minimum Gasteiger partial charge on any atom is -0.495 e. The van der Waals surface area contributed by atoms with Gasteiger partial charge in [0.2, 0.25) is 10.0 Å². The Hall–Kier alpha value is -2.52. The number of halogens is 2. The van der Waals surface area contributed by atoms with Crippen LogP contribution < -0.4 is 10.1 Å². The average Bonchev–Trinajstić information content (AvgIpc) is 2.62. The van der Waals surface area contributed by atoms with Gasteiger partial charge in [0, 0.05) is 25.3 Å². The van der Waals surface area contributed by atoms with Gasteiger partial charge >= 0.3 is 5.92 Å². The minimum atomic E-state index is -3.90. The number of methoxy groups -OCH3 is 1. The van der Waals surface area contributed by atoms with Crippen LogP contribution in [0.15, 0.2) is 53.4 Å². The highest BCUT2D eigenvalue weighted by atomic mass is 32.2. The fourth-order valence-electron chi connectivity index (χ4n) is 2.14. The second-order valence-electron chi connectivity index (χ2n) is 5.55. The van der Waals surface area contributed by atoms with E-state index < -0.39 is 27.4 Å². The summed E-state index contributed by atoms with van der Waals surface area (Å²) in [5.74, 6) is -5.31. The molecule has 1 amide bonds. The molecule has 2 aromatic rings. The third kappa shape index (κ3) is 3.83. The number of nitrogens with zero attached hydrogens (tertiary/aromatic N) is 1. The van der Waals surface area contributed by atoms with Crippen molar-refractivity contribution in [1.29, 1.82) is 0 Å². The fraction of sp³-hybridized carbons (Fsp3) is 0.235. The second-order valence-corrected chi connectivity index (χ2v) is 7.67. The molecule has 2 rings (SSSR count). The number of alkyl halides is 2. The van der Waals surface area contributed by atoms with Gasteiger partial charge < -0.3 is 10.1 Å². The molecule has 6 nitrogen and oxygen atoms in total. The molecule has 0 aliphatic carbocycles. The lowest BCUT2D eigenvalue weighted by atomic mass is 10.1. The molecule has 0 atom stereocenters. The number of carbonyl (C=O) groups excluding carboxylic acids is 1. The molecule has 0 radical (unpaired) electrons. The Morgan fingerprint density at radius 1 is 1.12 bits per heavy atom. The third-order valence-electron chi connectivity index (χ3n) is 3.60. The summed E-state index contributed by atoms with van der Waals surface area (Å²) in [6, 6.07) is 10.3. The number of carbonyl (C=O) groups is 1. The van der Waals surface area contributed by atoms with Crippen LogP contribution in [0.1, 0.15) is 5.56 Å². The Balaban J connectivity index is 2.37. The van der Waals surface area contributed by atoms with E-state index in [1.54, 1.807) is 6.07 Å². The SMILES string of the molecule is COc1ccc(NC(=O)C(F)(F)c2ccccc2)cc1S(=O)(=O)N(C)C. The van der Waals surface area contributed by atoms with E-state index in [1.165, 1.54) is 45.5 Å². The van der Waals surface area contributed by atoms with Crippen LogP contribution in [0.2, 0.25) is 0 Å². The Kier molecular flexibility index (Phi) is 5.62. The van der Waals surface area contributed by atoms with Gasteiger partial charge in [0.25, 0.3) is 5.91 Å². The Morgan fingerprint density at radius 3 is 2.27 bits per heavy atom. The highest BCUT2D eigenvalue weighted by Gasteiger charge is 2.41. The van der Waals surface area contributed by atoms with Gasteiger partial charge in [-0.25, -0.2) is 12.7 Å². The summed E-state index contributed by atoms with van der Waals surface area (Å²) < 4.78 is 59.2. The van der Waals surface area contributed by atoms with Crippen molar-refractivity contribution in [2.45, 2.75) is 10.8 Å². The second kappa shape index (κ2) is 7.38. The van der Waals surface area contributed by atoms with E-state index in [2.05, 4.69) is 5.32 Å². The van der Waals surface area contributed by atoms with Gasteiger partial charge in [-0.2, -0.15) is 8.78 Å². The summed E-state index contributed by atoms with van der Waals surface area (Å²) >= 11 is 0. The van der Waals surface area contributed by atoms with Gasteiger partial charge in [0.1, 0.15) is 10.6 Å². The zero-order valence-corrected chi connectivity index (χ0v) is 15.2. The Bertz CT molecular complexity index is 900. The molecule has 26 heavy (non-hydrogen) atoms. The molecule has 0 spiro atoms. The lowest BCUT2D eigenvalue weighted by Crippen LogP contribution is -2.32. The number of rotatable bonds is 6. The molecule has 0 aliphatic heterocycles. The first-order valence-corrected chi connectivity index (χ1v) is 8.90. The van der Waals surface area contributed by atoms with Crippen molar-refractivity contribution in [3.63, 3.8) is 0 Å². The summed E-state index contributed by atoms with van der Waals surface area (Å²) in [6.07, 6.45) is 0. The van der Waals surface area contributed by atoms with Crippen molar-refractivity contribution in [3.05, 3.63) is 54.1 Å². The minimum absolute atomic E-state index is 0.0338. The highest BCUT2D eigenvalue weighted by molar-refractivity contribution is 7.89. The monoisotopic (exact) mass is 384 g/mol. The zero-order chi connectivity index (χ0) is 19.5. The number of hydrogen-bond acceptors (Lipinski definition) is 4. The van der Waals surface area contributed by atoms with Gasteiger partial charge in [-0.05, 0) is 18.2 Å². The van der Waals surface area contributed by atoms with E-state index >= 15 is 0 Å². The number of ether oxygens (including phenoxy) is 1. The fourth-order valence-corrected chi connectivity index (χ4v) is 3.22. The molecule has 0 saturated heterocycles. The molecule has 0 aliphatic rings. The Labute approximate surface area is 150 Å². The maximum absolute atomic E-state index is 14.3. The summed E-state index contributed by atoms with van der Waals surface area (Å²) in [5.41, 5.74) is -0.557. The molecular formula is C17H18F2N2O4S. The maximum atomic E-state index is 14.3. The third-order valence-corrected chi connectivity index (χ3v) is 5.44. The Morgan fingerprint density at radius 2 is 1.73 bits per heavy atom. The van der Waals surface area contributed by atoms with Crippen molar-refractivity contribution >= 4 is 21.6 Å². The van der Waals surface area contributed by atoms with E-state index in [4.69, 9.17) is 4.74 Å². The average molecular weight is 384 g/mol. The number of hydrogen-bond donors (Lipinski definition) is 1. The molecule has 0 heterocycles. The van der Waals surface area contributed by atoms with Crippen molar-refractivity contribution < 1.29 is 26.7 Å². The number of anilines is 1. The number of benzene rings is 2. The largest absolute Gasteiger partial charge is 0.495 e. The molecule has 1 N–H and O–H groups in total. The number of sulfonamides is 1. The maximum Gasteiger partial charge on any atom is 0.350 e. The van der Waals surface area contributed by atoms with Crippen LogP contribution >= 0.6 is 0 Å². The summed E-state index contributed by atoms with van der Waals surface area (Å²) in [4.78, 5) is 11.8. The first-order chi connectivity index (χ1) is 12.1. The molecule has 0 bridgehead atoms. The van der Waals surface area contributed by atoms with Gasteiger partial charge in [-0.3, -0.25) is 4.79 Å². The van der Waals surface area contributed by atoms with Crippen LogP contribution in [0.25, 0.3) is 0 Å². The molecule has 0 aromatic heterocycles. The van der Waals surface area contributed by atoms with E-state index in [1.807, 2.05) is 0 Å². The molecule has 0 saturated carbocycles. The molecular weight excluding hydrogens is 366 g/mol. The lowest BCUT2D eigenvalue weighted by molar-refractivity contribution is -0.140. The van der Waals surface area contributed by atoms with E-state index in [0.717, 1.165) is 22.5 Å². The normalized spacial score (nSPS) is 12.1. The smallest absolute Gasteiger partial charge is 0.350 e. The van der Waals surface area contributed by atoms with E-state index in [-0.39, 0.29) is 16.3 Å². The van der Waals surface area contributed by atoms with Crippen LogP contribution in [-0.2, 0) is 20.7 Å². The molecule has 9 heteroatoms. The topological polar surface area (TPSA) is 75.7 Å². The highest BCUT2D eigenvalue weighted by Crippen LogP contribution is 2.32. The van der Waals surface area contributed by atoms with Crippen LogP contribution in [0.3, 0.4) is 0 Å². The van der Waals surface area contributed by atoms with Crippen LogP contribution in [0.5, 0.6) is 5.75 Å². The predicted octanol–water partition coefficient (Wildman–Crippen LogP) is 2.68. The van der Waals surface area contributed by atoms with Crippen molar-refractivity contribution in [2.75, 3.05) is 26.5 Å². The van der Waals surface area contributed by atoms with Crippen LogP contribution in [-0.4, -0.2) is 39.8 Å². The van der Waals surface area contributed by atoms with Gasteiger partial charge in [0.05, 0.1) is 7.11 Å². The first-order valence-electron chi connectivity index (χ1n) is 7.46. The van der Waals surface area contributed by atoms with Gasteiger partial charge in [-0.15, -0.1) is 0 Å². The predicted molar refractivity (Wildman–Crippen MR) is 92.8 cm³/mol. The standard InChI is InChI=1S/C17H18F2N2O4S/c1-21(2)26(23,24)15-11-13(9-10-14(15)25-3)20-16(22)17(18,19)12-7-5-4-6-8-12/h4-11H,1-3H3,(H,20,22). The number of nitrogens with one attached hydrogen (secondary N) is 1. The van der Waals surface area contributed by atoms with Crippen LogP contribution in [0, 0.1) is 0 Å². The summed E-state index contributed by atoms with van der Waals surface area (Å²) in [6.45, 7) is 0. The van der Waals surface area contributed by atoms with E-state index in [9.17, 15) is 22.0 Å². The van der Waals surface area contributed by atoms with Crippen molar-refractivity contribution in [1.82, 2.24) is 4.31 Å². The zero-order valence-electron chi connectivity index (χ0n) is 14.4. The summed E-state index contributed by atoms with van der Waals surface area (Å²) in [5, 5.41) is 2.06. The van der Waals surface area contributed by atoms with Gasteiger partial charge in [0.15, 0.2) is 0 Å². The summed E-state index contributed by atoms with van der Waals surface area (Å²) in [7, 11) is 0.0335. The van der Waals surface area contributed by atoms with Crippen molar-refractivity contribution in [3.8, 4) is 5.75 Å². The molecule has 140 valence electrons. The van der Waals surface area contributed by atoms with E-state index in [0.29, 0.717) is 0 Å². The lowest BCUT2D eigenvalue weighted by Gasteiger charge is -2.18. The molecule has 0 unspecified atom stereocenters. The van der Waals surface area contributed by atoms with Gasteiger partial charge in [-0.1, -0.05) is 30.3 Å². The van der Waals surface area contributed by atoms with Crippen molar-refractivity contribution in [2.24, 2.45) is 0 Å². The first kappa shape index (κ1) is 19.8. The number of amides is 1. The quantitative estimate of drug-likeness (QED) is 0.831. The molecule has 2 aromatic carbocycles. The molecule has 0 fully saturated rings. The van der Waals surface area contributed by atoms with Crippen LogP contribution in [0.4, 0.5) is 14.5 Å².